The first-order valence-electron chi connectivity index (χ1n) is 6.61. The van der Waals surface area contributed by atoms with E-state index in [1.165, 1.54) is 0 Å². The van der Waals surface area contributed by atoms with Gasteiger partial charge in [-0.25, -0.2) is 0 Å². The van der Waals surface area contributed by atoms with Gasteiger partial charge in [0.25, 0.3) is 5.91 Å². The van der Waals surface area contributed by atoms with Crippen molar-refractivity contribution in [3.63, 3.8) is 0 Å². The normalized spacial score (nSPS) is 12.4. The molecule has 1 aromatic carbocycles. The summed E-state index contributed by atoms with van der Waals surface area (Å²) in [5.74, 6) is -0.459. The standard InChI is InChI=1S/C14H19N3O3/c1-20-7-6-16-13(18)9-17-14(19)11-2-3-12-10(8-11)4-5-15-12/h2-3,8,15H,4-7,9H2,1H3,(H,16,18)(H,17,19). The second-order valence-electron chi connectivity index (χ2n) is 4.57. The van der Waals surface area contributed by atoms with Crippen LogP contribution in [0, 0.1) is 0 Å². The summed E-state index contributed by atoms with van der Waals surface area (Å²) in [4.78, 5) is 23.4. The van der Waals surface area contributed by atoms with Crippen LogP contribution < -0.4 is 16.0 Å². The lowest BCUT2D eigenvalue weighted by molar-refractivity contribution is -0.120. The van der Waals surface area contributed by atoms with Crippen LogP contribution in [-0.2, 0) is 16.0 Å². The van der Waals surface area contributed by atoms with E-state index in [0.717, 1.165) is 24.2 Å². The van der Waals surface area contributed by atoms with E-state index in [0.29, 0.717) is 18.7 Å². The van der Waals surface area contributed by atoms with E-state index < -0.39 is 0 Å². The van der Waals surface area contributed by atoms with E-state index in [1.54, 1.807) is 13.2 Å². The molecule has 0 unspecified atom stereocenters. The minimum Gasteiger partial charge on any atom is -0.384 e. The van der Waals surface area contributed by atoms with E-state index in [9.17, 15) is 9.59 Å². The maximum atomic E-state index is 11.9. The molecule has 0 saturated heterocycles. The summed E-state index contributed by atoms with van der Waals surface area (Å²) in [6, 6.07) is 5.53. The Morgan fingerprint density at radius 3 is 3.00 bits per heavy atom. The van der Waals surface area contributed by atoms with Crippen molar-refractivity contribution in [1.29, 1.82) is 0 Å². The third-order valence-electron chi connectivity index (χ3n) is 3.12. The molecule has 2 amide bonds. The lowest BCUT2D eigenvalue weighted by atomic mass is 10.1. The highest BCUT2D eigenvalue weighted by molar-refractivity contribution is 5.97. The minimum absolute atomic E-state index is 0.0299. The van der Waals surface area contributed by atoms with Crippen molar-refractivity contribution in [1.82, 2.24) is 10.6 Å². The number of hydrogen-bond donors (Lipinski definition) is 3. The Morgan fingerprint density at radius 1 is 1.35 bits per heavy atom. The quantitative estimate of drug-likeness (QED) is 0.647. The molecule has 0 aliphatic carbocycles. The molecule has 6 nitrogen and oxygen atoms in total. The molecule has 0 spiro atoms. The van der Waals surface area contributed by atoms with Crippen molar-refractivity contribution < 1.29 is 14.3 Å². The topological polar surface area (TPSA) is 79.5 Å². The van der Waals surface area contributed by atoms with Crippen molar-refractivity contribution in [3.8, 4) is 0 Å². The molecule has 2 rings (SSSR count). The van der Waals surface area contributed by atoms with Crippen molar-refractivity contribution in [2.24, 2.45) is 0 Å². The second kappa shape index (κ2) is 6.91. The van der Waals surface area contributed by atoms with Crippen LogP contribution in [-0.4, -0.2) is 45.2 Å². The molecular weight excluding hydrogens is 258 g/mol. The molecule has 0 atom stereocenters. The van der Waals surface area contributed by atoms with Crippen molar-refractivity contribution in [3.05, 3.63) is 29.3 Å². The molecule has 1 heterocycles. The van der Waals surface area contributed by atoms with Gasteiger partial charge in [-0.1, -0.05) is 0 Å². The van der Waals surface area contributed by atoms with Gasteiger partial charge in [-0.3, -0.25) is 9.59 Å². The fourth-order valence-corrected chi connectivity index (χ4v) is 2.06. The van der Waals surface area contributed by atoms with E-state index in [-0.39, 0.29) is 18.4 Å². The molecule has 1 aromatic rings. The number of methoxy groups -OCH3 is 1. The molecule has 1 aliphatic heterocycles. The second-order valence-corrected chi connectivity index (χ2v) is 4.57. The van der Waals surface area contributed by atoms with Crippen LogP contribution in [0.2, 0.25) is 0 Å². The summed E-state index contributed by atoms with van der Waals surface area (Å²) >= 11 is 0. The van der Waals surface area contributed by atoms with E-state index in [1.807, 2.05) is 12.1 Å². The first-order valence-corrected chi connectivity index (χ1v) is 6.61. The fraction of sp³-hybridized carbons (Fsp3) is 0.429. The Morgan fingerprint density at radius 2 is 2.20 bits per heavy atom. The van der Waals surface area contributed by atoms with Gasteiger partial charge in [0.1, 0.15) is 0 Å². The van der Waals surface area contributed by atoms with Crippen molar-refractivity contribution in [2.75, 3.05) is 38.7 Å². The molecule has 0 bridgehead atoms. The zero-order valence-electron chi connectivity index (χ0n) is 11.5. The van der Waals surface area contributed by atoms with E-state index in [4.69, 9.17) is 4.74 Å². The number of fused-ring (bicyclic) bond motifs is 1. The summed E-state index contributed by atoms with van der Waals surface area (Å²) in [5.41, 5.74) is 2.80. The molecule has 6 heteroatoms. The van der Waals surface area contributed by atoms with Crippen LogP contribution in [0.5, 0.6) is 0 Å². The monoisotopic (exact) mass is 277 g/mol. The van der Waals surface area contributed by atoms with Gasteiger partial charge in [-0.2, -0.15) is 0 Å². The minimum atomic E-state index is -0.235. The average molecular weight is 277 g/mol. The van der Waals surface area contributed by atoms with E-state index in [2.05, 4.69) is 16.0 Å². The molecule has 0 fully saturated rings. The lowest BCUT2D eigenvalue weighted by Crippen LogP contribution is -2.38. The Bertz CT molecular complexity index is 502. The number of carbonyl (C=O) groups is 2. The number of nitrogens with one attached hydrogen (secondary N) is 3. The third-order valence-corrected chi connectivity index (χ3v) is 3.12. The van der Waals surface area contributed by atoms with Gasteiger partial charge in [0.2, 0.25) is 5.91 Å². The van der Waals surface area contributed by atoms with Gasteiger partial charge < -0.3 is 20.7 Å². The average Bonchev–Trinajstić information content (AvgIpc) is 2.92. The summed E-state index contributed by atoms with van der Waals surface area (Å²) in [7, 11) is 1.57. The highest BCUT2D eigenvalue weighted by Crippen LogP contribution is 2.22. The Balaban J connectivity index is 1.81. The number of amides is 2. The number of benzene rings is 1. The van der Waals surface area contributed by atoms with Crippen LogP contribution in [0.4, 0.5) is 5.69 Å². The van der Waals surface area contributed by atoms with Crippen LogP contribution in [0.15, 0.2) is 18.2 Å². The van der Waals surface area contributed by atoms with Gasteiger partial charge in [-0.15, -0.1) is 0 Å². The maximum Gasteiger partial charge on any atom is 0.251 e. The Kier molecular flexibility index (Phi) is 4.95. The highest BCUT2D eigenvalue weighted by atomic mass is 16.5. The Hall–Kier alpha value is -2.08. The predicted molar refractivity (Wildman–Crippen MR) is 75.9 cm³/mol. The third kappa shape index (κ3) is 3.71. The van der Waals surface area contributed by atoms with Gasteiger partial charge in [0.15, 0.2) is 0 Å². The Labute approximate surface area is 117 Å². The predicted octanol–water partition coefficient (Wildman–Crippen LogP) is 0.147. The SMILES string of the molecule is COCCNC(=O)CNC(=O)c1ccc2c(c1)CCN2. The maximum absolute atomic E-state index is 11.9. The first kappa shape index (κ1) is 14.3. The number of rotatable bonds is 6. The first-order chi connectivity index (χ1) is 9.70. The van der Waals surface area contributed by atoms with Gasteiger partial charge in [0, 0.05) is 31.5 Å². The van der Waals surface area contributed by atoms with Crippen LogP contribution in [0.3, 0.4) is 0 Å². The summed E-state index contributed by atoms with van der Waals surface area (Å²) in [6.07, 6.45) is 0.925. The summed E-state index contributed by atoms with van der Waals surface area (Å²) in [5, 5.41) is 8.49. The molecule has 108 valence electrons. The number of anilines is 1. The highest BCUT2D eigenvalue weighted by Gasteiger charge is 2.13. The molecule has 0 saturated carbocycles. The molecule has 1 aliphatic rings. The van der Waals surface area contributed by atoms with Crippen molar-refractivity contribution in [2.45, 2.75) is 6.42 Å². The van der Waals surface area contributed by atoms with Crippen molar-refractivity contribution >= 4 is 17.5 Å². The van der Waals surface area contributed by atoms with Gasteiger partial charge in [0.05, 0.1) is 13.2 Å². The summed E-state index contributed by atoms with van der Waals surface area (Å²) in [6.45, 7) is 1.77. The molecule has 0 radical (unpaired) electrons. The zero-order valence-corrected chi connectivity index (χ0v) is 11.5. The number of carbonyl (C=O) groups excluding carboxylic acids is 2. The van der Waals surface area contributed by atoms with Crippen LogP contribution in [0.25, 0.3) is 0 Å². The summed E-state index contributed by atoms with van der Waals surface area (Å²) < 4.78 is 4.82. The van der Waals surface area contributed by atoms with Crippen LogP contribution >= 0.6 is 0 Å². The molecule has 20 heavy (non-hydrogen) atoms. The van der Waals surface area contributed by atoms with E-state index >= 15 is 0 Å². The number of ether oxygens (including phenoxy) is 1. The van der Waals surface area contributed by atoms with Gasteiger partial charge in [-0.05, 0) is 30.2 Å². The molecule has 3 N–H and O–H groups in total. The molecular formula is C14H19N3O3. The molecule has 0 aromatic heterocycles. The number of hydrogen-bond acceptors (Lipinski definition) is 4. The smallest absolute Gasteiger partial charge is 0.251 e. The lowest BCUT2D eigenvalue weighted by Gasteiger charge is -2.07. The fourth-order valence-electron chi connectivity index (χ4n) is 2.06. The largest absolute Gasteiger partial charge is 0.384 e. The van der Waals surface area contributed by atoms with Gasteiger partial charge >= 0.3 is 0 Å². The zero-order chi connectivity index (χ0) is 14.4. The van der Waals surface area contributed by atoms with Crippen LogP contribution in [0.1, 0.15) is 15.9 Å².